The SMILES string of the molecule is CC.CC(C)C.CNCCNCCCCCNC=O. The third kappa shape index (κ3) is 46.7. The molecule has 0 aliphatic heterocycles. The lowest BCUT2D eigenvalue weighted by atomic mass is 10.2. The molecule has 0 unspecified atom stereocenters. The van der Waals surface area contributed by atoms with Crippen molar-refractivity contribution in [2.45, 2.75) is 53.9 Å². The van der Waals surface area contributed by atoms with Crippen molar-refractivity contribution in [1.29, 1.82) is 0 Å². The van der Waals surface area contributed by atoms with Crippen LogP contribution in [0, 0.1) is 5.92 Å². The fourth-order valence-electron chi connectivity index (χ4n) is 1.05. The summed E-state index contributed by atoms with van der Waals surface area (Å²) < 4.78 is 0. The van der Waals surface area contributed by atoms with Crippen molar-refractivity contribution >= 4 is 6.41 Å². The van der Waals surface area contributed by atoms with E-state index in [1.807, 2.05) is 20.9 Å². The Bertz CT molecular complexity index is 139. The Morgan fingerprint density at radius 1 is 0.895 bits per heavy atom. The molecule has 0 aromatic rings. The molecular formula is C15H37N3O. The van der Waals surface area contributed by atoms with Gasteiger partial charge in [-0.1, -0.05) is 41.0 Å². The first-order valence-electron chi connectivity index (χ1n) is 7.67. The summed E-state index contributed by atoms with van der Waals surface area (Å²) in [6.07, 6.45) is 4.19. The Balaban J connectivity index is -0.000000361. The van der Waals surface area contributed by atoms with Gasteiger partial charge in [0.1, 0.15) is 0 Å². The largest absolute Gasteiger partial charge is 0.359 e. The van der Waals surface area contributed by atoms with Crippen molar-refractivity contribution in [1.82, 2.24) is 16.0 Å². The Morgan fingerprint density at radius 3 is 1.89 bits per heavy atom. The van der Waals surface area contributed by atoms with Gasteiger partial charge >= 0.3 is 0 Å². The van der Waals surface area contributed by atoms with E-state index in [2.05, 4.69) is 36.7 Å². The average molecular weight is 275 g/mol. The van der Waals surface area contributed by atoms with Gasteiger partial charge < -0.3 is 16.0 Å². The van der Waals surface area contributed by atoms with Crippen molar-refractivity contribution < 1.29 is 4.79 Å². The molecule has 0 aliphatic carbocycles. The van der Waals surface area contributed by atoms with Gasteiger partial charge in [-0.3, -0.25) is 4.79 Å². The molecule has 0 saturated carbocycles. The Hall–Kier alpha value is -0.610. The van der Waals surface area contributed by atoms with Gasteiger partial charge in [0.15, 0.2) is 0 Å². The van der Waals surface area contributed by atoms with Crippen LogP contribution in [0.5, 0.6) is 0 Å². The second kappa shape index (κ2) is 26.1. The van der Waals surface area contributed by atoms with Gasteiger partial charge in [-0.05, 0) is 32.4 Å². The third-order valence-electron chi connectivity index (χ3n) is 1.81. The summed E-state index contributed by atoms with van der Waals surface area (Å²) in [6, 6.07) is 0. The van der Waals surface area contributed by atoms with Crippen LogP contribution < -0.4 is 16.0 Å². The smallest absolute Gasteiger partial charge is 0.207 e. The van der Waals surface area contributed by atoms with Crippen LogP contribution in [0.25, 0.3) is 0 Å². The molecule has 0 radical (unpaired) electrons. The molecule has 0 rings (SSSR count). The summed E-state index contributed by atoms with van der Waals surface area (Å²) in [5.41, 5.74) is 0. The van der Waals surface area contributed by atoms with Crippen LogP contribution in [-0.2, 0) is 4.79 Å². The zero-order valence-corrected chi connectivity index (χ0v) is 14.0. The highest BCUT2D eigenvalue weighted by Crippen LogP contribution is 1.91. The summed E-state index contributed by atoms with van der Waals surface area (Å²) in [5, 5.41) is 9.05. The minimum atomic E-state index is 0.755. The predicted molar refractivity (Wildman–Crippen MR) is 86.6 cm³/mol. The molecule has 0 aliphatic rings. The standard InChI is InChI=1S/C9H21N3O.C4H10.C2H6/c1-10-7-8-11-5-3-2-4-6-12-9-13;1-4(2)3;1-2/h9-11H,2-8H2,1H3,(H,12,13);4H,1-3H3;1-2H3. The minimum absolute atomic E-state index is 0.755. The Labute approximate surface area is 121 Å². The number of hydrogen-bond donors (Lipinski definition) is 3. The first kappa shape index (κ1) is 23.5. The number of hydrogen-bond acceptors (Lipinski definition) is 3. The van der Waals surface area contributed by atoms with Crippen molar-refractivity contribution in [2.24, 2.45) is 5.92 Å². The van der Waals surface area contributed by atoms with Crippen LogP contribution >= 0.6 is 0 Å². The lowest BCUT2D eigenvalue weighted by Gasteiger charge is -2.03. The third-order valence-corrected chi connectivity index (χ3v) is 1.81. The van der Waals surface area contributed by atoms with Gasteiger partial charge in [0.25, 0.3) is 0 Å². The maximum atomic E-state index is 9.88. The highest BCUT2D eigenvalue weighted by Gasteiger charge is 1.88. The van der Waals surface area contributed by atoms with Crippen molar-refractivity contribution in [3.05, 3.63) is 0 Å². The lowest BCUT2D eigenvalue weighted by molar-refractivity contribution is -0.109. The van der Waals surface area contributed by atoms with E-state index < -0.39 is 0 Å². The van der Waals surface area contributed by atoms with Gasteiger partial charge in [-0.2, -0.15) is 0 Å². The number of carbonyl (C=O) groups is 1. The number of likely N-dealkylation sites (N-methyl/N-ethyl adjacent to an activating group) is 1. The molecule has 0 spiro atoms. The van der Waals surface area contributed by atoms with Gasteiger partial charge in [-0.15, -0.1) is 0 Å². The monoisotopic (exact) mass is 275 g/mol. The van der Waals surface area contributed by atoms with Crippen molar-refractivity contribution in [2.75, 3.05) is 33.2 Å². The molecule has 19 heavy (non-hydrogen) atoms. The summed E-state index contributed by atoms with van der Waals surface area (Å²) in [7, 11) is 1.95. The molecule has 0 fully saturated rings. The predicted octanol–water partition coefficient (Wildman–Crippen LogP) is 2.40. The van der Waals surface area contributed by atoms with E-state index >= 15 is 0 Å². The van der Waals surface area contributed by atoms with Crippen molar-refractivity contribution in [3.63, 3.8) is 0 Å². The van der Waals surface area contributed by atoms with E-state index in [-0.39, 0.29) is 0 Å². The number of rotatable bonds is 10. The molecule has 0 bridgehead atoms. The van der Waals surface area contributed by atoms with Gasteiger partial charge in [0.05, 0.1) is 0 Å². The highest BCUT2D eigenvalue weighted by molar-refractivity contribution is 5.45. The van der Waals surface area contributed by atoms with E-state index in [1.165, 1.54) is 12.8 Å². The topological polar surface area (TPSA) is 53.2 Å². The summed E-state index contributed by atoms with van der Waals surface area (Å²) in [6.45, 7) is 14.4. The number of nitrogens with one attached hydrogen (secondary N) is 3. The van der Waals surface area contributed by atoms with Crippen LogP contribution in [0.3, 0.4) is 0 Å². The molecule has 4 heteroatoms. The van der Waals surface area contributed by atoms with Crippen molar-refractivity contribution in [3.8, 4) is 0 Å². The normalized spacial score (nSPS) is 9.00. The van der Waals surface area contributed by atoms with Crippen LogP contribution in [0.2, 0.25) is 0 Å². The van der Waals surface area contributed by atoms with E-state index in [4.69, 9.17) is 0 Å². The first-order chi connectivity index (χ1) is 9.15. The maximum Gasteiger partial charge on any atom is 0.207 e. The molecule has 0 aromatic carbocycles. The summed E-state index contributed by atoms with van der Waals surface area (Å²) >= 11 is 0. The van der Waals surface area contributed by atoms with Gasteiger partial charge in [-0.25, -0.2) is 0 Å². The molecule has 0 aromatic heterocycles. The van der Waals surface area contributed by atoms with E-state index in [9.17, 15) is 4.79 Å². The van der Waals surface area contributed by atoms with Crippen LogP contribution in [0.15, 0.2) is 0 Å². The quantitative estimate of drug-likeness (QED) is 0.424. The number of unbranched alkanes of at least 4 members (excludes halogenated alkanes) is 2. The van der Waals surface area contributed by atoms with Crippen LogP contribution in [-0.4, -0.2) is 39.6 Å². The molecule has 0 heterocycles. The van der Waals surface area contributed by atoms with Gasteiger partial charge in [0, 0.05) is 19.6 Å². The second-order valence-corrected chi connectivity index (χ2v) is 4.72. The zero-order chi connectivity index (χ0) is 15.4. The Morgan fingerprint density at radius 2 is 1.42 bits per heavy atom. The fourth-order valence-corrected chi connectivity index (χ4v) is 1.05. The Kier molecular flexibility index (Phi) is 32.2. The first-order valence-corrected chi connectivity index (χ1v) is 7.67. The molecular weight excluding hydrogens is 238 g/mol. The maximum absolute atomic E-state index is 9.88. The fraction of sp³-hybridized carbons (Fsp3) is 0.933. The number of amides is 1. The molecule has 0 saturated heterocycles. The molecule has 4 nitrogen and oxygen atoms in total. The van der Waals surface area contributed by atoms with E-state index in [1.54, 1.807) is 0 Å². The van der Waals surface area contributed by atoms with E-state index in [0.717, 1.165) is 44.9 Å². The average Bonchev–Trinajstić information content (AvgIpc) is 2.39. The highest BCUT2D eigenvalue weighted by atomic mass is 16.1. The molecule has 0 atom stereocenters. The van der Waals surface area contributed by atoms with Crippen LogP contribution in [0.1, 0.15) is 53.9 Å². The zero-order valence-electron chi connectivity index (χ0n) is 14.0. The number of carbonyl (C=O) groups excluding carboxylic acids is 1. The molecule has 1 amide bonds. The summed E-state index contributed by atoms with van der Waals surface area (Å²) in [5.74, 6) is 0.833. The minimum Gasteiger partial charge on any atom is -0.359 e. The van der Waals surface area contributed by atoms with Crippen LogP contribution in [0.4, 0.5) is 0 Å². The second-order valence-electron chi connectivity index (χ2n) is 4.72. The lowest BCUT2D eigenvalue weighted by Crippen LogP contribution is -2.25. The summed E-state index contributed by atoms with van der Waals surface area (Å²) in [4.78, 5) is 9.88. The molecule has 3 N–H and O–H groups in total. The van der Waals surface area contributed by atoms with E-state index in [0.29, 0.717) is 0 Å². The molecule has 118 valence electrons. The van der Waals surface area contributed by atoms with Gasteiger partial charge in [0.2, 0.25) is 6.41 Å².